The molecule has 5 nitrogen and oxygen atoms in total. The number of rotatable bonds is 2. The van der Waals surface area contributed by atoms with Crippen molar-refractivity contribution in [1.29, 1.82) is 0 Å². The Bertz CT molecular complexity index is 755. The molecule has 2 atom stereocenters. The third-order valence-corrected chi connectivity index (χ3v) is 6.08. The van der Waals surface area contributed by atoms with Crippen LogP contribution in [-0.4, -0.2) is 36.8 Å². The van der Waals surface area contributed by atoms with Gasteiger partial charge in [-0.3, -0.25) is 4.98 Å². The molecule has 1 saturated heterocycles. The lowest BCUT2D eigenvalue weighted by molar-refractivity contribution is 0.250. The number of benzene rings is 1. The van der Waals surface area contributed by atoms with Crippen molar-refractivity contribution in [1.82, 2.24) is 9.29 Å². The van der Waals surface area contributed by atoms with E-state index < -0.39 is 10.0 Å². The van der Waals surface area contributed by atoms with Crippen LogP contribution in [0.1, 0.15) is 13.3 Å². The van der Waals surface area contributed by atoms with Crippen molar-refractivity contribution in [2.75, 3.05) is 13.1 Å². The molecule has 0 spiro atoms. The third kappa shape index (κ3) is 2.54. The van der Waals surface area contributed by atoms with Gasteiger partial charge >= 0.3 is 0 Å². The van der Waals surface area contributed by atoms with Crippen molar-refractivity contribution in [3.05, 3.63) is 36.5 Å². The van der Waals surface area contributed by atoms with E-state index in [2.05, 4.69) is 4.98 Å². The molecule has 0 amide bonds. The Balaban J connectivity index is 2.05. The van der Waals surface area contributed by atoms with Gasteiger partial charge in [-0.2, -0.15) is 4.31 Å². The summed E-state index contributed by atoms with van der Waals surface area (Å²) >= 11 is 0. The van der Waals surface area contributed by atoms with Crippen LogP contribution in [0.25, 0.3) is 10.9 Å². The van der Waals surface area contributed by atoms with Gasteiger partial charge in [0, 0.05) is 30.7 Å². The zero-order chi connectivity index (χ0) is 15.0. The van der Waals surface area contributed by atoms with Gasteiger partial charge in [0.1, 0.15) is 0 Å². The second-order valence-corrected chi connectivity index (χ2v) is 7.53. The highest BCUT2D eigenvalue weighted by Gasteiger charge is 2.32. The quantitative estimate of drug-likeness (QED) is 0.914. The highest BCUT2D eigenvalue weighted by Crippen LogP contribution is 2.27. The summed E-state index contributed by atoms with van der Waals surface area (Å²) in [6.45, 7) is 2.95. The Morgan fingerprint density at radius 3 is 2.86 bits per heavy atom. The molecule has 6 heteroatoms. The van der Waals surface area contributed by atoms with Crippen LogP contribution in [0.15, 0.2) is 41.4 Å². The minimum atomic E-state index is -3.51. The number of pyridine rings is 1. The summed E-state index contributed by atoms with van der Waals surface area (Å²) in [6, 6.07) is 8.85. The predicted octanol–water partition coefficient (Wildman–Crippen LogP) is 1.59. The molecule has 2 unspecified atom stereocenters. The number of aromatic nitrogens is 1. The molecule has 0 radical (unpaired) electrons. The minimum absolute atomic E-state index is 0.0747. The summed E-state index contributed by atoms with van der Waals surface area (Å²) in [4.78, 5) is 4.55. The average molecular weight is 305 g/mol. The smallest absolute Gasteiger partial charge is 0.243 e. The zero-order valence-corrected chi connectivity index (χ0v) is 12.8. The zero-order valence-electron chi connectivity index (χ0n) is 11.9. The molecule has 112 valence electrons. The van der Waals surface area contributed by atoms with Crippen molar-refractivity contribution < 1.29 is 8.42 Å². The number of nitrogens with zero attached hydrogens (tertiary/aromatic N) is 2. The molecule has 1 aromatic carbocycles. The number of fused-ring (bicyclic) bond motifs is 1. The van der Waals surface area contributed by atoms with E-state index in [1.165, 1.54) is 0 Å². The lowest BCUT2D eigenvalue weighted by Crippen LogP contribution is -2.48. The SMILES string of the molecule is CC1CN(S(=O)(=O)c2cccc3ncccc23)CCC1N. The molecule has 21 heavy (non-hydrogen) atoms. The number of nitrogens with two attached hydrogens (primary N) is 1. The number of hydrogen-bond donors (Lipinski definition) is 1. The molecule has 1 fully saturated rings. The second kappa shape index (κ2) is 5.36. The van der Waals surface area contributed by atoms with Crippen molar-refractivity contribution in [3.63, 3.8) is 0 Å². The van der Waals surface area contributed by atoms with Gasteiger partial charge in [-0.25, -0.2) is 8.42 Å². The van der Waals surface area contributed by atoms with Crippen LogP contribution in [0.4, 0.5) is 0 Å². The largest absolute Gasteiger partial charge is 0.327 e. The third-order valence-electron chi connectivity index (χ3n) is 4.16. The Morgan fingerprint density at radius 1 is 1.29 bits per heavy atom. The summed E-state index contributed by atoms with van der Waals surface area (Å²) in [5.74, 6) is 0.168. The van der Waals surface area contributed by atoms with Gasteiger partial charge in [0.15, 0.2) is 0 Å². The minimum Gasteiger partial charge on any atom is -0.327 e. The summed E-state index contributed by atoms with van der Waals surface area (Å²) in [7, 11) is -3.51. The van der Waals surface area contributed by atoms with E-state index in [1.807, 2.05) is 13.0 Å². The molecule has 2 aromatic rings. The lowest BCUT2D eigenvalue weighted by atomic mass is 9.96. The molecular weight excluding hydrogens is 286 g/mol. The fourth-order valence-corrected chi connectivity index (χ4v) is 4.54. The van der Waals surface area contributed by atoms with Crippen LogP contribution >= 0.6 is 0 Å². The van der Waals surface area contributed by atoms with E-state index in [0.29, 0.717) is 35.3 Å². The highest BCUT2D eigenvalue weighted by atomic mass is 32.2. The maximum Gasteiger partial charge on any atom is 0.243 e. The molecule has 0 bridgehead atoms. The summed E-state index contributed by atoms with van der Waals surface area (Å²) in [5.41, 5.74) is 6.68. The maximum atomic E-state index is 12.9. The first kappa shape index (κ1) is 14.4. The topological polar surface area (TPSA) is 76.3 Å². The number of sulfonamides is 1. The van der Waals surface area contributed by atoms with Gasteiger partial charge in [0.25, 0.3) is 0 Å². The van der Waals surface area contributed by atoms with Crippen LogP contribution in [0, 0.1) is 5.92 Å². The molecule has 1 aliphatic rings. The van der Waals surface area contributed by atoms with E-state index in [4.69, 9.17) is 5.73 Å². The van der Waals surface area contributed by atoms with Crippen molar-refractivity contribution >= 4 is 20.9 Å². The van der Waals surface area contributed by atoms with Gasteiger partial charge in [0.2, 0.25) is 10.0 Å². The number of hydrogen-bond acceptors (Lipinski definition) is 4. The first-order valence-electron chi connectivity index (χ1n) is 7.09. The van der Waals surface area contributed by atoms with Crippen molar-refractivity contribution in [3.8, 4) is 0 Å². The Hall–Kier alpha value is -1.50. The van der Waals surface area contributed by atoms with Gasteiger partial charge < -0.3 is 5.73 Å². The molecule has 0 saturated carbocycles. The van der Waals surface area contributed by atoms with Crippen molar-refractivity contribution in [2.45, 2.75) is 24.3 Å². The van der Waals surface area contributed by atoms with E-state index in [-0.39, 0.29) is 12.0 Å². The van der Waals surface area contributed by atoms with E-state index in [0.717, 1.165) is 0 Å². The summed E-state index contributed by atoms with van der Waals surface area (Å²) in [5, 5.41) is 0.669. The first-order chi connectivity index (χ1) is 10.00. The Labute approximate surface area is 124 Å². The first-order valence-corrected chi connectivity index (χ1v) is 8.53. The molecule has 2 heterocycles. The van der Waals surface area contributed by atoms with E-state index >= 15 is 0 Å². The fourth-order valence-electron chi connectivity index (χ4n) is 2.78. The van der Waals surface area contributed by atoms with Crippen LogP contribution < -0.4 is 5.73 Å². The molecule has 2 N–H and O–H groups in total. The number of piperidine rings is 1. The van der Waals surface area contributed by atoms with Gasteiger partial charge in [-0.15, -0.1) is 0 Å². The second-order valence-electron chi connectivity index (χ2n) is 5.62. The highest BCUT2D eigenvalue weighted by molar-refractivity contribution is 7.89. The molecule has 1 aromatic heterocycles. The van der Waals surface area contributed by atoms with Gasteiger partial charge in [0.05, 0.1) is 10.4 Å². The maximum absolute atomic E-state index is 12.9. The van der Waals surface area contributed by atoms with Crippen LogP contribution in [-0.2, 0) is 10.0 Å². The lowest BCUT2D eigenvalue weighted by Gasteiger charge is -2.34. The van der Waals surface area contributed by atoms with E-state index in [1.54, 1.807) is 34.8 Å². The Kier molecular flexibility index (Phi) is 3.69. The van der Waals surface area contributed by atoms with Crippen molar-refractivity contribution in [2.24, 2.45) is 11.7 Å². The summed E-state index contributed by atoms with van der Waals surface area (Å²) in [6.07, 6.45) is 2.37. The van der Waals surface area contributed by atoms with Crippen LogP contribution in [0.3, 0.4) is 0 Å². The van der Waals surface area contributed by atoms with E-state index in [9.17, 15) is 8.42 Å². The molecular formula is C15H19N3O2S. The van der Waals surface area contributed by atoms with Gasteiger partial charge in [-0.1, -0.05) is 13.0 Å². The molecule has 1 aliphatic heterocycles. The normalized spacial score (nSPS) is 24.3. The van der Waals surface area contributed by atoms with Crippen LogP contribution in [0.2, 0.25) is 0 Å². The summed E-state index contributed by atoms with van der Waals surface area (Å²) < 4.78 is 27.4. The molecule has 0 aliphatic carbocycles. The molecule has 3 rings (SSSR count). The monoisotopic (exact) mass is 305 g/mol. The Morgan fingerprint density at radius 2 is 2.10 bits per heavy atom. The predicted molar refractivity (Wildman–Crippen MR) is 82.3 cm³/mol. The fraction of sp³-hybridized carbons (Fsp3) is 0.400. The standard InChI is InChI=1S/C15H19N3O2S/c1-11-10-18(9-7-13(11)16)21(19,20)15-6-2-5-14-12(15)4-3-8-17-14/h2-6,8,11,13H,7,9-10,16H2,1H3. The van der Waals surface area contributed by atoms with Gasteiger partial charge in [-0.05, 0) is 36.6 Å². The average Bonchev–Trinajstić information content (AvgIpc) is 2.49. The van der Waals surface area contributed by atoms with Crippen LogP contribution in [0.5, 0.6) is 0 Å².